The third kappa shape index (κ3) is 3.78. The Labute approximate surface area is 154 Å². The fraction of sp³-hybridized carbons (Fsp3) is 0.476. The van der Waals surface area contributed by atoms with Crippen LogP contribution in [0.5, 0.6) is 5.75 Å². The fourth-order valence-electron chi connectivity index (χ4n) is 4.32. The van der Waals surface area contributed by atoms with Crippen molar-refractivity contribution in [2.24, 2.45) is 0 Å². The molecule has 3 heterocycles. The lowest BCUT2D eigenvalue weighted by Gasteiger charge is -2.39. The predicted octanol–water partition coefficient (Wildman–Crippen LogP) is 3.36. The summed E-state index contributed by atoms with van der Waals surface area (Å²) in [7, 11) is 0. The van der Waals surface area contributed by atoms with Crippen molar-refractivity contribution in [3.63, 3.8) is 0 Å². The molecule has 5 nitrogen and oxygen atoms in total. The highest BCUT2D eigenvalue weighted by Gasteiger charge is 2.41. The minimum atomic E-state index is -0.487. The number of amides is 1. The van der Waals surface area contributed by atoms with E-state index in [0.29, 0.717) is 12.1 Å². The first-order valence-corrected chi connectivity index (χ1v) is 9.48. The number of nitrogens with zero attached hydrogens (tertiary/aromatic N) is 1. The molecule has 3 atom stereocenters. The minimum Gasteiger partial charge on any atom is -0.481 e. The second kappa shape index (κ2) is 7.54. The van der Waals surface area contributed by atoms with E-state index in [0.717, 1.165) is 25.1 Å². The first-order valence-electron chi connectivity index (χ1n) is 9.48. The van der Waals surface area contributed by atoms with Gasteiger partial charge in [0.15, 0.2) is 6.10 Å². The van der Waals surface area contributed by atoms with E-state index in [1.54, 1.807) is 6.26 Å². The van der Waals surface area contributed by atoms with Gasteiger partial charge in [-0.3, -0.25) is 9.69 Å². The zero-order chi connectivity index (χ0) is 17.9. The zero-order valence-electron chi connectivity index (χ0n) is 15.1. The summed E-state index contributed by atoms with van der Waals surface area (Å²) < 4.78 is 10.9. The molecule has 138 valence electrons. The second-order valence-electron chi connectivity index (χ2n) is 7.44. The molecular formula is C21H26N2O3. The molecule has 0 radical (unpaired) electrons. The fourth-order valence-corrected chi connectivity index (χ4v) is 4.32. The molecule has 4 rings (SSSR count). The van der Waals surface area contributed by atoms with E-state index in [1.165, 1.54) is 18.4 Å². The van der Waals surface area contributed by atoms with E-state index in [1.807, 2.05) is 49.6 Å². The van der Waals surface area contributed by atoms with Crippen LogP contribution in [0.15, 0.2) is 53.3 Å². The number of hydrogen-bond donors (Lipinski definition) is 1. The summed E-state index contributed by atoms with van der Waals surface area (Å²) >= 11 is 0. The highest BCUT2D eigenvalue weighted by Crippen LogP contribution is 2.37. The van der Waals surface area contributed by atoms with Crippen molar-refractivity contribution >= 4 is 5.91 Å². The van der Waals surface area contributed by atoms with Crippen LogP contribution < -0.4 is 10.1 Å². The minimum absolute atomic E-state index is 0.0264. The molecule has 5 heteroatoms. The molecule has 2 aromatic rings. The van der Waals surface area contributed by atoms with Crippen LogP contribution in [0.25, 0.3) is 0 Å². The standard InChI is InChI=1S/C21H26N2O3/c1-15(26-20-5-3-2-4-6-20)21(24)22-17-11-18-7-8-19(12-17)23(18)13-16-9-10-25-14-16/h2-6,9-10,14-15,17-19H,7-8,11-13H2,1H3,(H,22,24). The van der Waals surface area contributed by atoms with Crippen LogP contribution >= 0.6 is 0 Å². The van der Waals surface area contributed by atoms with Gasteiger partial charge in [0, 0.05) is 30.2 Å². The second-order valence-corrected chi connectivity index (χ2v) is 7.44. The van der Waals surface area contributed by atoms with Crippen molar-refractivity contribution in [1.29, 1.82) is 0 Å². The van der Waals surface area contributed by atoms with Crippen LogP contribution in [0.4, 0.5) is 0 Å². The quantitative estimate of drug-likeness (QED) is 0.864. The lowest BCUT2D eigenvalue weighted by Crippen LogP contribution is -2.51. The van der Waals surface area contributed by atoms with Crippen LogP contribution in [0.1, 0.15) is 38.2 Å². The largest absolute Gasteiger partial charge is 0.481 e. The number of nitrogens with one attached hydrogen (secondary N) is 1. The number of furan rings is 1. The van der Waals surface area contributed by atoms with Crippen molar-refractivity contribution in [1.82, 2.24) is 10.2 Å². The van der Waals surface area contributed by atoms with Crippen LogP contribution in [-0.2, 0) is 11.3 Å². The first-order chi connectivity index (χ1) is 12.7. The maximum absolute atomic E-state index is 12.5. The summed E-state index contributed by atoms with van der Waals surface area (Å²) in [6.45, 7) is 2.75. The summed E-state index contributed by atoms with van der Waals surface area (Å²) in [5.41, 5.74) is 1.23. The van der Waals surface area contributed by atoms with Crippen LogP contribution in [0, 0.1) is 0 Å². The van der Waals surface area contributed by atoms with E-state index in [2.05, 4.69) is 10.2 Å². The number of carbonyl (C=O) groups is 1. The Kier molecular flexibility index (Phi) is 4.98. The highest BCUT2D eigenvalue weighted by atomic mass is 16.5. The average molecular weight is 354 g/mol. The summed E-state index contributed by atoms with van der Waals surface area (Å²) in [5, 5.41) is 3.21. The number of para-hydroxylation sites is 1. The van der Waals surface area contributed by atoms with Crippen molar-refractivity contribution in [3.05, 3.63) is 54.5 Å². The van der Waals surface area contributed by atoms with E-state index >= 15 is 0 Å². The van der Waals surface area contributed by atoms with Gasteiger partial charge < -0.3 is 14.5 Å². The number of benzene rings is 1. The summed E-state index contributed by atoms with van der Waals surface area (Å²) in [6.07, 6.45) is 7.53. The zero-order valence-corrected chi connectivity index (χ0v) is 15.1. The van der Waals surface area contributed by atoms with E-state index in [4.69, 9.17) is 9.15 Å². The normalized spacial score (nSPS) is 26.4. The Morgan fingerprint density at radius 2 is 1.96 bits per heavy atom. The van der Waals surface area contributed by atoms with Gasteiger partial charge in [0.25, 0.3) is 5.91 Å². The monoisotopic (exact) mass is 354 g/mol. The van der Waals surface area contributed by atoms with Gasteiger partial charge >= 0.3 is 0 Å². The molecule has 1 amide bonds. The van der Waals surface area contributed by atoms with Gasteiger partial charge in [0.1, 0.15) is 5.75 Å². The molecule has 0 saturated carbocycles. The van der Waals surface area contributed by atoms with Gasteiger partial charge in [-0.1, -0.05) is 18.2 Å². The number of piperidine rings is 1. The smallest absolute Gasteiger partial charge is 0.260 e. The van der Waals surface area contributed by atoms with Crippen LogP contribution in [0.3, 0.4) is 0 Å². The maximum atomic E-state index is 12.5. The summed E-state index contributed by atoms with van der Waals surface area (Å²) in [5.74, 6) is 0.701. The molecule has 2 aliphatic rings. The van der Waals surface area contributed by atoms with Crippen LogP contribution in [0.2, 0.25) is 0 Å². The molecule has 2 bridgehead atoms. The van der Waals surface area contributed by atoms with Gasteiger partial charge in [0.2, 0.25) is 0 Å². The number of fused-ring (bicyclic) bond motifs is 2. The van der Waals surface area contributed by atoms with Crippen molar-refractivity contribution in [2.45, 2.75) is 63.4 Å². The third-order valence-corrected chi connectivity index (χ3v) is 5.60. The van der Waals surface area contributed by atoms with E-state index in [9.17, 15) is 4.79 Å². The molecule has 2 fully saturated rings. The maximum Gasteiger partial charge on any atom is 0.260 e. The van der Waals surface area contributed by atoms with Crippen molar-refractivity contribution in [3.8, 4) is 5.75 Å². The number of ether oxygens (including phenoxy) is 1. The highest BCUT2D eigenvalue weighted by molar-refractivity contribution is 5.81. The molecular weight excluding hydrogens is 328 g/mol. The number of carbonyl (C=O) groups excluding carboxylic acids is 1. The Bertz CT molecular complexity index is 702. The third-order valence-electron chi connectivity index (χ3n) is 5.60. The Morgan fingerprint density at radius 3 is 2.62 bits per heavy atom. The molecule has 1 aromatic carbocycles. The predicted molar refractivity (Wildman–Crippen MR) is 98.8 cm³/mol. The molecule has 26 heavy (non-hydrogen) atoms. The summed E-state index contributed by atoms with van der Waals surface area (Å²) in [4.78, 5) is 15.1. The van der Waals surface area contributed by atoms with Gasteiger partial charge in [-0.15, -0.1) is 0 Å². The molecule has 3 unspecified atom stereocenters. The van der Waals surface area contributed by atoms with Gasteiger partial charge in [-0.05, 0) is 50.8 Å². The molecule has 2 saturated heterocycles. The topological polar surface area (TPSA) is 54.7 Å². The Morgan fingerprint density at radius 1 is 1.23 bits per heavy atom. The van der Waals surface area contributed by atoms with E-state index in [-0.39, 0.29) is 11.9 Å². The Hall–Kier alpha value is -2.27. The lowest BCUT2D eigenvalue weighted by molar-refractivity contribution is -0.128. The van der Waals surface area contributed by atoms with Gasteiger partial charge in [-0.2, -0.15) is 0 Å². The van der Waals surface area contributed by atoms with Crippen LogP contribution in [-0.4, -0.2) is 35.0 Å². The molecule has 2 aliphatic heterocycles. The number of rotatable bonds is 6. The molecule has 0 spiro atoms. The number of hydrogen-bond acceptors (Lipinski definition) is 4. The SMILES string of the molecule is CC(Oc1ccccc1)C(=O)NC1CC2CCC(C1)N2Cc1ccoc1. The van der Waals surface area contributed by atoms with Gasteiger partial charge in [-0.25, -0.2) is 0 Å². The summed E-state index contributed by atoms with van der Waals surface area (Å²) in [6, 6.07) is 12.9. The molecule has 1 N–H and O–H groups in total. The lowest BCUT2D eigenvalue weighted by atomic mass is 9.96. The van der Waals surface area contributed by atoms with E-state index < -0.39 is 6.10 Å². The van der Waals surface area contributed by atoms with Gasteiger partial charge in [0.05, 0.1) is 12.5 Å². The van der Waals surface area contributed by atoms with Crippen molar-refractivity contribution in [2.75, 3.05) is 0 Å². The Balaban J connectivity index is 1.31. The first kappa shape index (κ1) is 17.2. The molecule has 1 aromatic heterocycles. The molecule has 0 aliphatic carbocycles. The van der Waals surface area contributed by atoms with Crippen molar-refractivity contribution < 1.29 is 13.9 Å². The average Bonchev–Trinajstić information content (AvgIpc) is 3.23.